The molecular weight excluding hydrogens is 321 g/mol. The topological polar surface area (TPSA) is 47.6 Å². The number of carbonyl (C=O) groups excluding carboxylic acids is 1. The standard InChI is InChI=1S/C20H28FNO3/c1-20(2,3)25-19(23)16-9-15(14-6-7-14)18(10-17(16)21)24-12-13-5-4-8-22-11-13/h9-10,13-14,22H,4-8,11-12H2,1-3H3. The van der Waals surface area contributed by atoms with E-state index in [0.29, 0.717) is 24.2 Å². The summed E-state index contributed by atoms with van der Waals surface area (Å²) in [4.78, 5) is 12.3. The first kappa shape index (κ1) is 18.2. The molecule has 1 N–H and O–H groups in total. The lowest BCUT2D eigenvalue weighted by Gasteiger charge is -2.24. The van der Waals surface area contributed by atoms with Gasteiger partial charge in [-0.15, -0.1) is 0 Å². The van der Waals surface area contributed by atoms with Crippen molar-refractivity contribution in [1.29, 1.82) is 0 Å². The maximum absolute atomic E-state index is 14.5. The Morgan fingerprint density at radius 2 is 2.04 bits per heavy atom. The Morgan fingerprint density at radius 1 is 1.28 bits per heavy atom. The molecule has 2 aliphatic rings. The third-order valence-electron chi connectivity index (χ3n) is 4.61. The minimum atomic E-state index is -0.646. The minimum absolute atomic E-state index is 0.00325. The summed E-state index contributed by atoms with van der Waals surface area (Å²) in [5.74, 6) is 0.207. The molecule has 1 aliphatic carbocycles. The Balaban J connectivity index is 1.77. The van der Waals surface area contributed by atoms with Crippen LogP contribution >= 0.6 is 0 Å². The number of ether oxygens (including phenoxy) is 2. The zero-order chi connectivity index (χ0) is 18.0. The molecule has 0 spiro atoms. The Kier molecular flexibility index (Phi) is 5.32. The van der Waals surface area contributed by atoms with Crippen LogP contribution in [0.2, 0.25) is 0 Å². The molecule has 2 fully saturated rings. The van der Waals surface area contributed by atoms with Crippen LogP contribution in [0.3, 0.4) is 0 Å². The molecule has 25 heavy (non-hydrogen) atoms. The van der Waals surface area contributed by atoms with Crippen LogP contribution in [0.25, 0.3) is 0 Å². The molecule has 1 heterocycles. The zero-order valence-corrected chi connectivity index (χ0v) is 15.4. The molecule has 1 aromatic carbocycles. The molecule has 1 atom stereocenters. The summed E-state index contributed by atoms with van der Waals surface area (Å²) >= 11 is 0. The molecule has 5 heteroatoms. The van der Waals surface area contributed by atoms with Gasteiger partial charge < -0.3 is 14.8 Å². The molecule has 4 nitrogen and oxygen atoms in total. The summed E-state index contributed by atoms with van der Waals surface area (Å²) in [7, 11) is 0. The summed E-state index contributed by atoms with van der Waals surface area (Å²) in [6.07, 6.45) is 4.39. The van der Waals surface area contributed by atoms with E-state index in [1.807, 2.05) is 0 Å². The predicted octanol–water partition coefficient (Wildman–Crippen LogP) is 4.04. The first-order valence-electron chi connectivity index (χ1n) is 9.24. The normalized spacial score (nSPS) is 21.0. The van der Waals surface area contributed by atoms with E-state index in [4.69, 9.17) is 9.47 Å². The molecule has 138 valence electrons. The second-order valence-corrected chi connectivity index (χ2v) is 8.17. The fourth-order valence-electron chi connectivity index (χ4n) is 3.17. The van der Waals surface area contributed by atoms with Crippen molar-refractivity contribution < 1.29 is 18.7 Å². The number of piperidine rings is 1. The van der Waals surface area contributed by atoms with Crippen molar-refractivity contribution in [3.63, 3.8) is 0 Å². The summed E-state index contributed by atoms with van der Waals surface area (Å²) < 4.78 is 25.8. The van der Waals surface area contributed by atoms with Gasteiger partial charge in [-0.25, -0.2) is 9.18 Å². The molecule has 0 aromatic heterocycles. The highest BCUT2D eigenvalue weighted by Crippen LogP contribution is 2.45. The van der Waals surface area contributed by atoms with Gasteiger partial charge in [0.1, 0.15) is 17.2 Å². The molecular formula is C20H28FNO3. The first-order chi connectivity index (χ1) is 11.8. The van der Waals surface area contributed by atoms with E-state index in [1.165, 1.54) is 6.07 Å². The van der Waals surface area contributed by atoms with Crippen LogP contribution in [0.4, 0.5) is 4.39 Å². The van der Waals surface area contributed by atoms with Gasteiger partial charge in [-0.3, -0.25) is 0 Å². The third-order valence-corrected chi connectivity index (χ3v) is 4.61. The molecule has 1 aromatic rings. The first-order valence-corrected chi connectivity index (χ1v) is 9.24. The van der Waals surface area contributed by atoms with E-state index in [9.17, 15) is 9.18 Å². The summed E-state index contributed by atoms with van der Waals surface area (Å²) in [5.41, 5.74) is 0.293. The van der Waals surface area contributed by atoms with Crippen molar-refractivity contribution >= 4 is 5.97 Å². The van der Waals surface area contributed by atoms with Gasteiger partial charge in [0, 0.05) is 18.5 Å². The molecule has 0 radical (unpaired) electrons. The lowest BCUT2D eigenvalue weighted by molar-refractivity contribution is 0.00645. The van der Waals surface area contributed by atoms with Gasteiger partial charge in [0.15, 0.2) is 0 Å². The Labute approximate surface area is 149 Å². The van der Waals surface area contributed by atoms with Crippen LogP contribution in [0.15, 0.2) is 12.1 Å². The van der Waals surface area contributed by atoms with Crippen LogP contribution in [-0.2, 0) is 4.74 Å². The monoisotopic (exact) mass is 349 g/mol. The highest BCUT2D eigenvalue weighted by molar-refractivity contribution is 5.90. The van der Waals surface area contributed by atoms with E-state index in [1.54, 1.807) is 26.8 Å². The lowest BCUT2D eigenvalue weighted by atomic mass is 10.0. The van der Waals surface area contributed by atoms with E-state index >= 15 is 0 Å². The number of esters is 1. The van der Waals surface area contributed by atoms with E-state index in [0.717, 1.165) is 44.3 Å². The summed E-state index contributed by atoms with van der Waals surface area (Å²) in [6.45, 7) is 7.92. The Hall–Kier alpha value is -1.62. The van der Waals surface area contributed by atoms with Gasteiger partial charge in [-0.05, 0) is 70.5 Å². The summed E-state index contributed by atoms with van der Waals surface area (Å²) in [6, 6.07) is 3.00. The van der Waals surface area contributed by atoms with Crippen LogP contribution in [0.5, 0.6) is 5.75 Å². The predicted molar refractivity (Wildman–Crippen MR) is 94.6 cm³/mol. The minimum Gasteiger partial charge on any atom is -0.493 e. The average Bonchev–Trinajstić information content (AvgIpc) is 3.37. The van der Waals surface area contributed by atoms with Gasteiger partial charge >= 0.3 is 5.97 Å². The lowest BCUT2D eigenvalue weighted by Crippen LogP contribution is -2.33. The number of hydrogen-bond acceptors (Lipinski definition) is 4. The second kappa shape index (κ2) is 7.32. The SMILES string of the molecule is CC(C)(C)OC(=O)c1cc(C2CC2)c(OCC2CCCNC2)cc1F. The van der Waals surface area contributed by atoms with Gasteiger partial charge in [-0.2, -0.15) is 0 Å². The number of nitrogens with one attached hydrogen (secondary N) is 1. The van der Waals surface area contributed by atoms with Crippen molar-refractivity contribution in [3.05, 3.63) is 29.1 Å². The number of hydrogen-bond donors (Lipinski definition) is 1. The maximum Gasteiger partial charge on any atom is 0.341 e. The van der Waals surface area contributed by atoms with Crippen molar-refractivity contribution in [1.82, 2.24) is 5.32 Å². The van der Waals surface area contributed by atoms with Gasteiger partial charge in [0.05, 0.1) is 12.2 Å². The van der Waals surface area contributed by atoms with Gasteiger partial charge in [0.2, 0.25) is 0 Å². The number of carbonyl (C=O) groups is 1. The quantitative estimate of drug-likeness (QED) is 0.815. The van der Waals surface area contributed by atoms with Crippen LogP contribution in [0.1, 0.15) is 68.3 Å². The maximum atomic E-state index is 14.5. The Bertz CT molecular complexity index is 629. The molecule has 1 saturated carbocycles. The van der Waals surface area contributed by atoms with Crippen molar-refractivity contribution in [2.24, 2.45) is 5.92 Å². The van der Waals surface area contributed by atoms with Crippen molar-refractivity contribution in [3.8, 4) is 5.75 Å². The van der Waals surface area contributed by atoms with Crippen molar-refractivity contribution in [2.75, 3.05) is 19.7 Å². The number of benzene rings is 1. The molecule has 3 rings (SSSR count). The third kappa shape index (κ3) is 4.94. The highest BCUT2D eigenvalue weighted by Gasteiger charge is 2.31. The number of halogens is 1. The van der Waals surface area contributed by atoms with Crippen molar-refractivity contribution in [2.45, 2.75) is 58.0 Å². The zero-order valence-electron chi connectivity index (χ0n) is 15.4. The number of rotatable bonds is 5. The van der Waals surface area contributed by atoms with E-state index in [2.05, 4.69) is 5.32 Å². The molecule has 0 amide bonds. The fourth-order valence-corrected chi connectivity index (χ4v) is 3.17. The molecule has 1 unspecified atom stereocenters. The summed E-state index contributed by atoms with van der Waals surface area (Å²) in [5, 5.41) is 3.36. The van der Waals surface area contributed by atoms with Crippen LogP contribution < -0.4 is 10.1 Å². The smallest absolute Gasteiger partial charge is 0.341 e. The van der Waals surface area contributed by atoms with Crippen LogP contribution in [0, 0.1) is 11.7 Å². The largest absolute Gasteiger partial charge is 0.493 e. The second-order valence-electron chi connectivity index (χ2n) is 8.17. The Morgan fingerprint density at radius 3 is 2.64 bits per heavy atom. The molecule has 1 aliphatic heterocycles. The average molecular weight is 349 g/mol. The van der Waals surface area contributed by atoms with Gasteiger partial charge in [-0.1, -0.05) is 0 Å². The highest BCUT2D eigenvalue weighted by atomic mass is 19.1. The van der Waals surface area contributed by atoms with Crippen LogP contribution in [-0.4, -0.2) is 31.3 Å². The van der Waals surface area contributed by atoms with E-state index in [-0.39, 0.29) is 5.56 Å². The fraction of sp³-hybridized carbons (Fsp3) is 0.650. The molecule has 1 saturated heterocycles. The van der Waals surface area contributed by atoms with E-state index < -0.39 is 17.4 Å². The van der Waals surface area contributed by atoms with Gasteiger partial charge in [0.25, 0.3) is 0 Å². The molecule has 0 bridgehead atoms.